The van der Waals surface area contributed by atoms with Crippen molar-refractivity contribution in [3.63, 3.8) is 0 Å². The van der Waals surface area contributed by atoms with Gasteiger partial charge >= 0.3 is 5.97 Å². The molecule has 1 N–H and O–H groups in total. The topological polar surface area (TPSA) is 55.4 Å². The highest BCUT2D eigenvalue weighted by atomic mass is 35.5. The zero-order chi connectivity index (χ0) is 19.2. The number of esters is 1. The van der Waals surface area contributed by atoms with Gasteiger partial charge in [0.25, 0.3) is 5.91 Å². The van der Waals surface area contributed by atoms with Gasteiger partial charge in [-0.05, 0) is 59.2 Å². The lowest BCUT2D eigenvalue weighted by molar-refractivity contribution is -0.936. The Morgan fingerprint density at radius 2 is 1.72 bits per heavy atom. The van der Waals surface area contributed by atoms with Crippen LogP contribution in [0.2, 0.25) is 5.02 Å². The first-order valence-corrected chi connectivity index (χ1v) is 9.27. The molecule has 25 heavy (non-hydrogen) atoms. The number of amides is 1. The quantitative estimate of drug-likeness (QED) is 0.556. The molecule has 1 aromatic rings. The Morgan fingerprint density at radius 3 is 2.20 bits per heavy atom. The van der Waals surface area contributed by atoms with E-state index in [1.54, 1.807) is 13.0 Å². The van der Waals surface area contributed by atoms with Crippen molar-refractivity contribution in [2.75, 3.05) is 31.6 Å². The summed E-state index contributed by atoms with van der Waals surface area (Å²) in [6, 6.07) is 3.03. The molecule has 0 spiro atoms. The number of anilines is 1. The molecule has 0 aliphatic heterocycles. The maximum atomic E-state index is 12.9. The number of likely N-dealkylation sites (N-methyl/N-ethyl adjacent to an activating group) is 1. The highest BCUT2D eigenvalue weighted by Gasteiger charge is 2.35. The molecule has 6 heteroatoms. The molecule has 1 amide bonds. The second-order valence-electron chi connectivity index (χ2n) is 6.20. The maximum Gasteiger partial charge on any atom is 0.340 e. The predicted octanol–water partition coefficient (Wildman–Crippen LogP) is 4.03. The first kappa shape index (κ1) is 21.5. The number of benzene rings is 1. The molecular formula is C19H30ClN2O3+. The van der Waals surface area contributed by atoms with Crippen LogP contribution in [0.3, 0.4) is 0 Å². The van der Waals surface area contributed by atoms with Gasteiger partial charge in [-0.15, -0.1) is 0 Å². The molecule has 5 nitrogen and oxygen atoms in total. The normalized spacial score (nSPS) is 12.6. The van der Waals surface area contributed by atoms with E-state index in [-0.39, 0.29) is 24.1 Å². The monoisotopic (exact) mass is 369 g/mol. The molecule has 0 aliphatic rings. The summed E-state index contributed by atoms with van der Waals surface area (Å²) < 4.78 is 5.79. The molecule has 0 heterocycles. The second kappa shape index (κ2) is 9.20. The minimum Gasteiger partial charge on any atom is -0.462 e. The van der Waals surface area contributed by atoms with Gasteiger partial charge in [0.05, 0.1) is 37.5 Å². The fourth-order valence-corrected chi connectivity index (χ4v) is 3.52. The number of carbonyl (C=O) groups excluding carboxylic acids is 2. The number of nitrogens with zero attached hydrogens (tertiary/aromatic N) is 1. The van der Waals surface area contributed by atoms with Gasteiger partial charge in [-0.25, -0.2) is 4.79 Å². The first-order valence-electron chi connectivity index (χ1n) is 8.90. The van der Waals surface area contributed by atoms with Crippen LogP contribution in [-0.4, -0.2) is 48.6 Å². The molecule has 140 valence electrons. The summed E-state index contributed by atoms with van der Waals surface area (Å²) in [5.41, 5.74) is 1.50. The van der Waals surface area contributed by atoms with Gasteiger partial charge in [-0.2, -0.15) is 0 Å². The minimum atomic E-state index is -0.488. The predicted molar refractivity (Wildman–Crippen MR) is 102 cm³/mol. The van der Waals surface area contributed by atoms with Crippen molar-refractivity contribution in [2.45, 2.75) is 47.6 Å². The Morgan fingerprint density at radius 1 is 1.16 bits per heavy atom. The summed E-state index contributed by atoms with van der Waals surface area (Å²) in [5.74, 6) is -0.597. The summed E-state index contributed by atoms with van der Waals surface area (Å²) in [5, 5.41) is 3.38. The molecule has 0 bridgehead atoms. The van der Waals surface area contributed by atoms with E-state index in [1.165, 1.54) is 6.07 Å². The van der Waals surface area contributed by atoms with Crippen molar-refractivity contribution in [3.8, 4) is 0 Å². The third kappa shape index (κ3) is 4.73. The number of nitrogens with one attached hydrogen (secondary N) is 1. The third-order valence-electron chi connectivity index (χ3n) is 5.13. The molecule has 1 atom stereocenters. The molecule has 0 saturated heterocycles. The second-order valence-corrected chi connectivity index (χ2v) is 6.63. The van der Waals surface area contributed by atoms with Crippen molar-refractivity contribution in [1.29, 1.82) is 0 Å². The lowest BCUT2D eigenvalue weighted by atomic mass is 10.1. The maximum absolute atomic E-state index is 12.9. The number of hydrogen-bond acceptors (Lipinski definition) is 3. The van der Waals surface area contributed by atoms with Crippen molar-refractivity contribution in [3.05, 3.63) is 28.3 Å². The van der Waals surface area contributed by atoms with Gasteiger partial charge in [0.1, 0.15) is 0 Å². The van der Waals surface area contributed by atoms with Crippen LogP contribution in [0.1, 0.15) is 50.5 Å². The van der Waals surface area contributed by atoms with Crippen LogP contribution in [-0.2, 0) is 9.53 Å². The third-order valence-corrected chi connectivity index (χ3v) is 5.35. The standard InChI is InChI=1S/C19H29ClN2O3/c1-7-22(8-2,9-3)14(6)18(23)21-17-13(5)11-15(20)12-16(17)19(24)25-10-4/h11-12,14H,7-10H2,1-6H3/p+1. The van der Waals surface area contributed by atoms with Crippen molar-refractivity contribution in [1.82, 2.24) is 0 Å². The summed E-state index contributed by atoms with van der Waals surface area (Å²) >= 11 is 6.08. The van der Waals surface area contributed by atoms with Gasteiger partial charge in [0.2, 0.25) is 0 Å². The van der Waals surface area contributed by atoms with Crippen LogP contribution in [0.5, 0.6) is 0 Å². The molecule has 1 aromatic carbocycles. The average Bonchev–Trinajstić information content (AvgIpc) is 2.58. The van der Waals surface area contributed by atoms with E-state index in [1.807, 2.05) is 13.8 Å². The molecule has 0 saturated carbocycles. The Kier molecular flexibility index (Phi) is 7.90. The van der Waals surface area contributed by atoms with Crippen LogP contribution < -0.4 is 5.32 Å². The van der Waals surface area contributed by atoms with E-state index in [0.29, 0.717) is 15.2 Å². The number of rotatable bonds is 8. The molecule has 0 aromatic heterocycles. The van der Waals surface area contributed by atoms with Gasteiger partial charge < -0.3 is 14.5 Å². The summed E-state index contributed by atoms with van der Waals surface area (Å²) in [7, 11) is 0. The summed E-state index contributed by atoms with van der Waals surface area (Å²) in [6.07, 6.45) is 0. The SMILES string of the molecule is CCOC(=O)c1cc(Cl)cc(C)c1NC(=O)C(C)[N+](CC)(CC)CC. The van der Waals surface area contributed by atoms with Crippen LogP contribution in [0.25, 0.3) is 0 Å². The van der Waals surface area contributed by atoms with Gasteiger partial charge in [-0.3, -0.25) is 4.79 Å². The number of hydrogen-bond donors (Lipinski definition) is 1. The smallest absolute Gasteiger partial charge is 0.340 e. The largest absolute Gasteiger partial charge is 0.462 e. The minimum absolute atomic E-state index is 0.110. The molecule has 1 rings (SSSR count). The average molecular weight is 370 g/mol. The van der Waals surface area contributed by atoms with Crippen molar-refractivity contribution < 1.29 is 18.8 Å². The van der Waals surface area contributed by atoms with E-state index < -0.39 is 5.97 Å². The van der Waals surface area contributed by atoms with E-state index in [4.69, 9.17) is 16.3 Å². The van der Waals surface area contributed by atoms with E-state index >= 15 is 0 Å². The Bertz CT molecular complexity index is 619. The number of quaternary nitrogens is 1. The number of aryl methyl sites for hydroxylation is 1. The number of carbonyl (C=O) groups is 2. The zero-order valence-electron chi connectivity index (χ0n) is 16.1. The molecule has 0 fully saturated rings. The van der Waals surface area contributed by atoms with Crippen LogP contribution >= 0.6 is 11.6 Å². The van der Waals surface area contributed by atoms with Gasteiger partial charge in [0.15, 0.2) is 6.04 Å². The zero-order valence-corrected chi connectivity index (χ0v) is 16.9. The Labute approximate surface area is 155 Å². The first-order chi connectivity index (χ1) is 11.8. The van der Waals surface area contributed by atoms with E-state index in [0.717, 1.165) is 25.2 Å². The Balaban J connectivity index is 3.21. The van der Waals surface area contributed by atoms with Crippen LogP contribution in [0.15, 0.2) is 12.1 Å². The Hall–Kier alpha value is -1.59. The summed E-state index contributed by atoms with van der Waals surface area (Å²) in [6.45, 7) is 14.6. The fourth-order valence-electron chi connectivity index (χ4n) is 3.25. The number of halogens is 1. The van der Waals surface area contributed by atoms with E-state index in [9.17, 15) is 9.59 Å². The van der Waals surface area contributed by atoms with Crippen molar-refractivity contribution in [2.24, 2.45) is 0 Å². The number of ether oxygens (including phenoxy) is 1. The molecule has 1 unspecified atom stereocenters. The molecule has 0 radical (unpaired) electrons. The summed E-state index contributed by atoms with van der Waals surface area (Å²) in [4.78, 5) is 25.1. The van der Waals surface area contributed by atoms with Crippen molar-refractivity contribution >= 4 is 29.2 Å². The van der Waals surface area contributed by atoms with Crippen LogP contribution in [0, 0.1) is 6.92 Å². The fraction of sp³-hybridized carbons (Fsp3) is 0.579. The van der Waals surface area contributed by atoms with E-state index in [2.05, 4.69) is 26.1 Å². The lowest BCUT2D eigenvalue weighted by Gasteiger charge is -2.40. The van der Waals surface area contributed by atoms with Gasteiger partial charge in [-0.1, -0.05) is 11.6 Å². The highest BCUT2D eigenvalue weighted by Crippen LogP contribution is 2.27. The van der Waals surface area contributed by atoms with Gasteiger partial charge in [0, 0.05) is 5.02 Å². The lowest BCUT2D eigenvalue weighted by Crippen LogP contribution is -2.58. The molecular weight excluding hydrogens is 340 g/mol. The highest BCUT2D eigenvalue weighted by molar-refractivity contribution is 6.31. The molecule has 0 aliphatic carbocycles. The van der Waals surface area contributed by atoms with Crippen LogP contribution in [0.4, 0.5) is 5.69 Å².